The predicted octanol–water partition coefficient (Wildman–Crippen LogP) is 4.85. The van der Waals surface area contributed by atoms with E-state index in [1.165, 1.54) is 0 Å². The maximum absolute atomic E-state index is 13.1. The summed E-state index contributed by atoms with van der Waals surface area (Å²) in [7, 11) is 0. The first-order valence-electron chi connectivity index (χ1n) is 8.75. The number of hydrogen-bond acceptors (Lipinski definition) is 5. The molecule has 130 valence electrons. The number of fused-ring (bicyclic) bond motifs is 1. The third-order valence-electron chi connectivity index (χ3n) is 5.08. The Morgan fingerprint density at radius 1 is 0.846 bits per heavy atom. The van der Waals surface area contributed by atoms with E-state index in [-0.39, 0.29) is 17.7 Å². The molecule has 2 N–H and O–H groups in total. The number of furan rings is 2. The summed E-state index contributed by atoms with van der Waals surface area (Å²) >= 11 is 0. The van der Waals surface area contributed by atoms with E-state index in [2.05, 4.69) is 10.6 Å². The Morgan fingerprint density at radius 3 is 2.31 bits per heavy atom. The molecule has 2 atom stereocenters. The molecular formula is C21H18N2O3. The molecule has 1 aliphatic carbocycles. The van der Waals surface area contributed by atoms with Gasteiger partial charge in [-0.2, -0.15) is 0 Å². The number of Topliss-reactive ketones (excluding diaryl/α,β-unsaturated/α-hetero) is 1. The minimum Gasteiger partial charge on any atom is -0.469 e. The van der Waals surface area contributed by atoms with Gasteiger partial charge >= 0.3 is 0 Å². The third-order valence-corrected chi connectivity index (χ3v) is 5.08. The van der Waals surface area contributed by atoms with Gasteiger partial charge in [0.1, 0.15) is 17.6 Å². The van der Waals surface area contributed by atoms with Crippen molar-refractivity contribution in [2.24, 2.45) is 0 Å². The highest BCUT2D eigenvalue weighted by atomic mass is 16.3. The molecule has 3 aromatic rings. The summed E-state index contributed by atoms with van der Waals surface area (Å²) in [6.45, 7) is 0. The third kappa shape index (κ3) is 2.44. The fourth-order valence-electron chi connectivity index (χ4n) is 3.89. The standard InChI is InChI=1S/C21H18N2O3/c24-17-12-13(18-7-3-9-25-18)11-16-20(17)21(19-8-4-10-26-19)23-15-6-2-1-5-14(15)22-16/h1-10,13,21-23H,11-12H2. The molecular weight excluding hydrogens is 328 g/mol. The first kappa shape index (κ1) is 15.1. The van der Waals surface area contributed by atoms with Crippen LogP contribution in [0.3, 0.4) is 0 Å². The lowest BCUT2D eigenvalue weighted by Crippen LogP contribution is -2.26. The fraction of sp³-hybridized carbons (Fsp3) is 0.190. The van der Waals surface area contributed by atoms with Crippen LogP contribution in [0.25, 0.3) is 0 Å². The van der Waals surface area contributed by atoms with Gasteiger partial charge in [0, 0.05) is 23.6 Å². The van der Waals surface area contributed by atoms with E-state index in [1.54, 1.807) is 12.5 Å². The van der Waals surface area contributed by atoms with Crippen molar-refractivity contribution in [1.82, 2.24) is 0 Å². The zero-order chi connectivity index (χ0) is 17.5. The Bertz CT molecular complexity index is 971. The SMILES string of the molecule is O=C1CC(c2ccco2)CC2=C1C(c1ccco1)Nc1ccccc1N2. The minimum atomic E-state index is -0.304. The number of carbonyl (C=O) groups excluding carboxylic acids is 1. The molecule has 26 heavy (non-hydrogen) atoms. The van der Waals surface area contributed by atoms with Crippen molar-refractivity contribution in [3.8, 4) is 0 Å². The van der Waals surface area contributed by atoms with Crippen LogP contribution < -0.4 is 10.6 Å². The lowest BCUT2D eigenvalue weighted by atomic mass is 9.81. The fourth-order valence-corrected chi connectivity index (χ4v) is 3.89. The lowest BCUT2D eigenvalue weighted by molar-refractivity contribution is -0.116. The average molecular weight is 346 g/mol. The molecule has 5 rings (SSSR count). The van der Waals surface area contributed by atoms with Gasteiger partial charge in [-0.1, -0.05) is 12.1 Å². The summed E-state index contributed by atoms with van der Waals surface area (Å²) in [6, 6.07) is 15.2. The highest BCUT2D eigenvalue weighted by Gasteiger charge is 2.37. The van der Waals surface area contributed by atoms with Crippen LogP contribution in [-0.2, 0) is 4.79 Å². The van der Waals surface area contributed by atoms with Crippen LogP contribution >= 0.6 is 0 Å². The molecule has 0 saturated heterocycles. The van der Waals surface area contributed by atoms with Crippen molar-refractivity contribution in [1.29, 1.82) is 0 Å². The van der Waals surface area contributed by atoms with E-state index in [4.69, 9.17) is 8.83 Å². The smallest absolute Gasteiger partial charge is 0.163 e. The largest absolute Gasteiger partial charge is 0.469 e. The number of rotatable bonds is 2. The Hall–Kier alpha value is -3.21. The Kier molecular flexibility index (Phi) is 3.45. The summed E-state index contributed by atoms with van der Waals surface area (Å²) in [4.78, 5) is 13.1. The van der Waals surface area contributed by atoms with Gasteiger partial charge in [0.15, 0.2) is 5.78 Å². The summed E-state index contributed by atoms with van der Waals surface area (Å²) < 4.78 is 11.2. The average Bonchev–Trinajstić information content (AvgIpc) is 3.33. The molecule has 2 aromatic heterocycles. The monoisotopic (exact) mass is 346 g/mol. The van der Waals surface area contributed by atoms with E-state index in [0.717, 1.165) is 40.6 Å². The number of carbonyl (C=O) groups is 1. The molecule has 1 aromatic carbocycles. The van der Waals surface area contributed by atoms with Gasteiger partial charge in [-0.15, -0.1) is 0 Å². The quantitative estimate of drug-likeness (QED) is 0.694. The highest BCUT2D eigenvalue weighted by molar-refractivity contribution is 6.01. The number of allylic oxidation sites excluding steroid dienone is 1. The Morgan fingerprint density at radius 2 is 1.58 bits per heavy atom. The minimum absolute atomic E-state index is 0.0475. The number of para-hydroxylation sites is 2. The van der Waals surface area contributed by atoms with Gasteiger partial charge in [-0.25, -0.2) is 0 Å². The Labute approximate surface area is 150 Å². The highest BCUT2D eigenvalue weighted by Crippen LogP contribution is 2.44. The predicted molar refractivity (Wildman–Crippen MR) is 97.9 cm³/mol. The molecule has 0 fully saturated rings. The molecule has 2 unspecified atom stereocenters. The van der Waals surface area contributed by atoms with Gasteiger partial charge in [-0.3, -0.25) is 4.79 Å². The number of ketones is 1. The van der Waals surface area contributed by atoms with Gasteiger partial charge in [-0.05, 0) is 42.8 Å². The van der Waals surface area contributed by atoms with Gasteiger partial charge in [0.05, 0.1) is 23.9 Å². The van der Waals surface area contributed by atoms with Crippen molar-refractivity contribution >= 4 is 17.2 Å². The van der Waals surface area contributed by atoms with Crippen molar-refractivity contribution in [3.63, 3.8) is 0 Å². The van der Waals surface area contributed by atoms with E-state index in [0.29, 0.717) is 6.42 Å². The lowest BCUT2D eigenvalue weighted by Gasteiger charge is -2.27. The summed E-state index contributed by atoms with van der Waals surface area (Å²) in [6.07, 6.45) is 4.46. The molecule has 0 saturated carbocycles. The topological polar surface area (TPSA) is 67.4 Å². The molecule has 3 heterocycles. The first-order chi connectivity index (χ1) is 12.8. The molecule has 0 spiro atoms. The second kappa shape index (κ2) is 5.95. The van der Waals surface area contributed by atoms with Gasteiger partial charge in [0.2, 0.25) is 0 Å². The van der Waals surface area contributed by atoms with Gasteiger partial charge < -0.3 is 19.5 Å². The van der Waals surface area contributed by atoms with Crippen LogP contribution in [0, 0.1) is 0 Å². The molecule has 1 aliphatic heterocycles. The molecule has 2 aliphatic rings. The number of benzene rings is 1. The van der Waals surface area contributed by atoms with E-state index in [9.17, 15) is 4.79 Å². The van der Waals surface area contributed by atoms with Crippen molar-refractivity contribution in [3.05, 3.63) is 83.8 Å². The van der Waals surface area contributed by atoms with Gasteiger partial charge in [0.25, 0.3) is 0 Å². The van der Waals surface area contributed by atoms with Crippen molar-refractivity contribution in [2.75, 3.05) is 10.6 Å². The molecule has 5 heteroatoms. The molecule has 0 bridgehead atoms. The zero-order valence-electron chi connectivity index (χ0n) is 14.1. The maximum Gasteiger partial charge on any atom is 0.163 e. The van der Waals surface area contributed by atoms with Crippen LogP contribution in [0.15, 0.2) is 81.2 Å². The van der Waals surface area contributed by atoms with Crippen molar-refractivity contribution < 1.29 is 13.6 Å². The van der Waals surface area contributed by atoms with E-state index < -0.39 is 0 Å². The molecule has 5 nitrogen and oxygen atoms in total. The van der Waals surface area contributed by atoms with Crippen LogP contribution in [0.5, 0.6) is 0 Å². The maximum atomic E-state index is 13.1. The van der Waals surface area contributed by atoms with Crippen LogP contribution in [0.2, 0.25) is 0 Å². The number of anilines is 2. The second-order valence-electron chi connectivity index (χ2n) is 6.70. The first-order valence-corrected chi connectivity index (χ1v) is 8.75. The van der Waals surface area contributed by atoms with E-state index in [1.807, 2.05) is 48.5 Å². The zero-order valence-corrected chi connectivity index (χ0v) is 14.1. The summed E-state index contributed by atoms with van der Waals surface area (Å²) in [5.41, 5.74) is 3.59. The van der Waals surface area contributed by atoms with Crippen molar-refractivity contribution in [2.45, 2.75) is 24.8 Å². The Balaban J connectivity index is 1.62. The van der Waals surface area contributed by atoms with E-state index >= 15 is 0 Å². The summed E-state index contributed by atoms with van der Waals surface area (Å²) in [5.74, 6) is 1.75. The second-order valence-corrected chi connectivity index (χ2v) is 6.70. The van der Waals surface area contributed by atoms with Crippen LogP contribution in [0.1, 0.15) is 36.3 Å². The normalized spacial score (nSPS) is 22.1. The number of nitrogens with one attached hydrogen (secondary N) is 2. The molecule has 0 amide bonds. The van der Waals surface area contributed by atoms with Crippen LogP contribution in [-0.4, -0.2) is 5.78 Å². The molecule has 0 radical (unpaired) electrons. The summed E-state index contributed by atoms with van der Waals surface area (Å²) in [5, 5.41) is 6.97. The number of hydrogen-bond donors (Lipinski definition) is 2. The van der Waals surface area contributed by atoms with Crippen LogP contribution in [0.4, 0.5) is 11.4 Å².